The number of hydrogen-bond donors (Lipinski definition) is 4. The van der Waals surface area contributed by atoms with Gasteiger partial charge in [0.25, 0.3) is 0 Å². The minimum atomic E-state index is -1.03. The van der Waals surface area contributed by atoms with Crippen molar-refractivity contribution in [2.75, 3.05) is 6.61 Å². The van der Waals surface area contributed by atoms with Gasteiger partial charge in [-0.1, -0.05) is 30.3 Å². The van der Waals surface area contributed by atoms with Crippen molar-refractivity contribution in [2.45, 2.75) is 31.2 Å². The quantitative estimate of drug-likeness (QED) is 0.559. The highest BCUT2D eigenvalue weighted by Crippen LogP contribution is 2.19. The molecule has 0 spiro atoms. The van der Waals surface area contributed by atoms with Crippen LogP contribution in [0.25, 0.3) is 0 Å². The predicted octanol–water partition coefficient (Wildman–Crippen LogP) is 0.214. The first-order chi connectivity index (χ1) is 7.65. The highest BCUT2D eigenvalue weighted by Gasteiger charge is 2.20. The summed E-state index contributed by atoms with van der Waals surface area (Å²) in [4.78, 5) is 0. The van der Waals surface area contributed by atoms with Crippen LogP contribution in [0.5, 0.6) is 0 Å². The van der Waals surface area contributed by atoms with Gasteiger partial charge in [0.05, 0.1) is 18.3 Å². The second kappa shape index (κ2) is 6.60. The van der Waals surface area contributed by atoms with E-state index in [1.54, 1.807) is 24.3 Å². The molecule has 0 aliphatic carbocycles. The summed E-state index contributed by atoms with van der Waals surface area (Å²) in [6.45, 7) is -0.181. The Kier molecular flexibility index (Phi) is 5.42. The molecule has 0 radical (unpaired) electrons. The van der Waals surface area contributed by atoms with Crippen molar-refractivity contribution in [3.63, 3.8) is 0 Å². The zero-order chi connectivity index (χ0) is 12.0. The van der Waals surface area contributed by atoms with Crippen molar-refractivity contribution in [2.24, 2.45) is 0 Å². The molecule has 4 N–H and O–H groups in total. The molecule has 0 aliphatic rings. The van der Waals surface area contributed by atoms with Crippen LogP contribution in [0.15, 0.2) is 30.3 Å². The summed E-state index contributed by atoms with van der Waals surface area (Å²) in [6.07, 6.45) is -2.65. The third kappa shape index (κ3) is 3.90. The zero-order valence-corrected chi connectivity index (χ0v) is 9.03. The van der Waals surface area contributed by atoms with Crippen LogP contribution in [0.4, 0.5) is 0 Å². The Hall–Kier alpha value is -0.940. The lowest BCUT2D eigenvalue weighted by molar-refractivity contribution is -0.0223. The summed E-state index contributed by atoms with van der Waals surface area (Å²) in [5.74, 6) is 0. The van der Waals surface area contributed by atoms with Crippen LogP contribution in [0.3, 0.4) is 0 Å². The molecule has 0 saturated carbocycles. The molecule has 4 heteroatoms. The van der Waals surface area contributed by atoms with Crippen molar-refractivity contribution < 1.29 is 20.4 Å². The van der Waals surface area contributed by atoms with Gasteiger partial charge >= 0.3 is 0 Å². The van der Waals surface area contributed by atoms with Crippen molar-refractivity contribution in [1.82, 2.24) is 0 Å². The zero-order valence-electron chi connectivity index (χ0n) is 9.03. The first-order valence-corrected chi connectivity index (χ1v) is 5.35. The molecular weight excluding hydrogens is 208 g/mol. The molecule has 90 valence electrons. The highest BCUT2D eigenvalue weighted by molar-refractivity contribution is 5.17. The Balaban J connectivity index is 2.48. The first kappa shape index (κ1) is 13.1. The monoisotopic (exact) mass is 226 g/mol. The fourth-order valence-electron chi connectivity index (χ4n) is 1.52. The Bertz CT molecular complexity index is 288. The van der Waals surface area contributed by atoms with Crippen molar-refractivity contribution in [3.8, 4) is 0 Å². The van der Waals surface area contributed by atoms with E-state index in [2.05, 4.69) is 0 Å². The average Bonchev–Trinajstić information content (AvgIpc) is 2.30. The Morgan fingerprint density at radius 1 is 0.938 bits per heavy atom. The molecule has 0 amide bonds. The van der Waals surface area contributed by atoms with Gasteiger partial charge in [-0.2, -0.15) is 0 Å². The molecular formula is C12H18O4. The number of aliphatic hydroxyl groups excluding tert-OH is 4. The molecule has 1 rings (SSSR count). The number of rotatable bonds is 6. The summed E-state index contributed by atoms with van der Waals surface area (Å²) in [7, 11) is 0. The molecule has 1 aromatic carbocycles. The topological polar surface area (TPSA) is 80.9 Å². The van der Waals surface area contributed by atoms with E-state index in [4.69, 9.17) is 5.11 Å². The van der Waals surface area contributed by atoms with E-state index in [9.17, 15) is 15.3 Å². The van der Waals surface area contributed by atoms with Crippen LogP contribution in [0.1, 0.15) is 24.5 Å². The molecule has 0 heterocycles. The van der Waals surface area contributed by atoms with Gasteiger partial charge in [0, 0.05) is 13.0 Å². The normalized spacial score (nSPS) is 16.8. The summed E-state index contributed by atoms with van der Waals surface area (Å²) in [5, 5.41) is 37.3. The van der Waals surface area contributed by atoms with Crippen LogP contribution in [-0.4, -0.2) is 39.2 Å². The van der Waals surface area contributed by atoms with E-state index in [0.29, 0.717) is 5.56 Å². The fraction of sp³-hybridized carbons (Fsp3) is 0.500. The standard InChI is InChI=1S/C12H18O4/c13-7-6-10(14)12(16)8-11(15)9-4-2-1-3-5-9/h1-5,10-16H,6-8H2. The van der Waals surface area contributed by atoms with Crippen LogP contribution < -0.4 is 0 Å². The maximum atomic E-state index is 9.77. The van der Waals surface area contributed by atoms with Crippen molar-refractivity contribution >= 4 is 0 Å². The maximum Gasteiger partial charge on any atom is 0.0827 e. The lowest BCUT2D eigenvalue weighted by atomic mass is 9.99. The van der Waals surface area contributed by atoms with Gasteiger partial charge in [0.1, 0.15) is 0 Å². The van der Waals surface area contributed by atoms with E-state index >= 15 is 0 Å². The number of benzene rings is 1. The SMILES string of the molecule is OCCC(O)C(O)CC(O)c1ccccc1. The Labute approximate surface area is 94.8 Å². The molecule has 1 aromatic rings. The molecule has 16 heavy (non-hydrogen) atoms. The minimum absolute atomic E-state index is 0.0607. The van der Waals surface area contributed by atoms with Crippen LogP contribution >= 0.6 is 0 Å². The second-order valence-corrected chi connectivity index (χ2v) is 3.81. The van der Waals surface area contributed by atoms with Gasteiger partial charge in [0.15, 0.2) is 0 Å². The molecule has 3 atom stereocenters. The highest BCUT2D eigenvalue weighted by atomic mass is 16.3. The molecule has 4 nitrogen and oxygen atoms in total. The molecule has 0 bridgehead atoms. The van der Waals surface area contributed by atoms with Crippen LogP contribution in [-0.2, 0) is 0 Å². The molecule has 0 saturated heterocycles. The third-order valence-corrected chi connectivity index (χ3v) is 2.52. The van der Waals surface area contributed by atoms with Gasteiger partial charge in [0.2, 0.25) is 0 Å². The second-order valence-electron chi connectivity index (χ2n) is 3.81. The molecule has 0 aliphatic heterocycles. The summed E-state index contributed by atoms with van der Waals surface area (Å²) in [5.41, 5.74) is 0.706. The van der Waals surface area contributed by atoms with Gasteiger partial charge < -0.3 is 20.4 Å². The van der Waals surface area contributed by atoms with Gasteiger partial charge in [-0.25, -0.2) is 0 Å². The van der Waals surface area contributed by atoms with E-state index in [1.807, 2.05) is 6.07 Å². The lowest BCUT2D eigenvalue weighted by Gasteiger charge is -2.20. The van der Waals surface area contributed by atoms with Crippen molar-refractivity contribution in [1.29, 1.82) is 0 Å². The Morgan fingerprint density at radius 3 is 2.12 bits per heavy atom. The van der Waals surface area contributed by atoms with Gasteiger partial charge in [-0.15, -0.1) is 0 Å². The lowest BCUT2D eigenvalue weighted by Crippen LogP contribution is -2.28. The minimum Gasteiger partial charge on any atom is -0.396 e. The number of hydrogen-bond acceptors (Lipinski definition) is 4. The summed E-state index contributed by atoms with van der Waals surface area (Å²) >= 11 is 0. The first-order valence-electron chi connectivity index (χ1n) is 5.35. The smallest absolute Gasteiger partial charge is 0.0827 e. The van der Waals surface area contributed by atoms with E-state index in [-0.39, 0.29) is 19.4 Å². The van der Waals surface area contributed by atoms with Crippen LogP contribution in [0.2, 0.25) is 0 Å². The van der Waals surface area contributed by atoms with E-state index < -0.39 is 18.3 Å². The van der Waals surface area contributed by atoms with Gasteiger partial charge in [-0.3, -0.25) is 0 Å². The van der Waals surface area contributed by atoms with Crippen LogP contribution in [0, 0.1) is 0 Å². The molecule has 3 unspecified atom stereocenters. The summed E-state index contributed by atoms with van der Waals surface area (Å²) < 4.78 is 0. The predicted molar refractivity (Wildman–Crippen MR) is 59.7 cm³/mol. The van der Waals surface area contributed by atoms with Crippen molar-refractivity contribution in [3.05, 3.63) is 35.9 Å². The summed E-state index contributed by atoms with van der Waals surface area (Å²) in [6, 6.07) is 8.96. The van der Waals surface area contributed by atoms with E-state index in [1.165, 1.54) is 0 Å². The Morgan fingerprint density at radius 2 is 1.56 bits per heavy atom. The maximum absolute atomic E-state index is 9.77. The molecule has 0 aromatic heterocycles. The number of aliphatic hydroxyl groups is 4. The fourth-order valence-corrected chi connectivity index (χ4v) is 1.52. The van der Waals surface area contributed by atoms with Gasteiger partial charge in [-0.05, 0) is 12.0 Å². The third-order valence-electron chi connectivity index (χ3n) is 2.52. The largest absolute Gasteiger partial charge is 0.396 e. The van der Waals surface area contributed by atoms with E-state index in [0.717, 1.165) is 0 Å². The molecule has 0 fully saturated rings. The average molecular weight is 226 g/mol.